The lowest BCUT2D eigenvalue weighted by Crippen LogP contribution is -2.30. The second-order valence-electron chi connectivity index (χ2n) is 6.97. The van der Waals surface area contributed by atoms with Gasteiger partial charge in [-0.1, -0.05) is 56.3 Å². The number of benzene rings is 2. The summed E-state index contributed by atoms with van der Waals surface area (Å²) in [5, 5.41) is 2.83. The Morgan fingerprint density at radius 1 is 1.00 bits per heavy atom. The van der Waals surface area contributed by atoms with Crippen molar-refractivity contribution in [2.45, 2.75) is 38.1 Å². The highest BCUT2D eigenvalue weighted by molar-refractivity contribution is 7.89. The van der Waals surface area contributed by atoms with Gasteiger partial charge >= 0.3 is 5.97 Å². The fourth-order valence-electron chi connectivity index (χ4n) is 3.18. The average Bonchev–Trinajstić information content (AvgIpc) is 2.79. The number of nitrogens with zero attached hydrogens (tertiary/aromatic N) is 1. The maximum absolute atomic E-state index is 12.6. The highest BCUT2D eigenvalue weighted by Crippen LogP contribution is 2.18. The summed E-state index contributed by atoms with van der Waals surface area (Å²) in [5.41, 5.74) is 1.48. The molecule has 2 rings (SSSR count). The largest absolute Gasteiger partial charge is 0.466 e. The Labute approximate surface area is 190 Å². The molecule has 0 aromatic heterocycles. The van der Waals surface area contributed by atoms with Gasteiger partial charge in [0, 0.05) is 19.2 Å². The van der Waals surface area contributed by atoms with Crippen LogP contribution in [0.3, 0.4) is 0 Å². The third kappa shape index (κ3) is 7.03. The van der Waals surface area contributed by atoms with Crippen molar-refractivity contribution in [1.82, 2.24) is 9.62 Å². The van der Waals surface area contributed by atoms with Crippen molar-refractivity contribution in [3.8, 4) is 0 Å². The summed E-state index contributed by atoms with van der Waals surface area (Å²) >= 11 is 0. The molecule has 1 atom stereocenters. The first-order chi connectivity index (χ1) is 15.3. The number of carbonyl (C=O) groups is 2. The van der Waals surface area contributed by atoms with Gasteiger partial charge in [0.1, 0.15) is 0 Å². The molecule has 8 heteroatoms. The predicted molar refractivity (Wildman–Crippen MR) is 124 cm³/mol. The van der Waals surface area contributed by atoms with E-state index >= 15 is 0 Å². The molecule has 0 aliphatic carbocycles. The van der Waals surface area contributed by atoms with Gasteiger partial charge in [0.25, 0.3) is 0 Å². The van der Waals surface area contributed by atoms with E-state index in [1.54, 1.807) is 39.0 Å². The van der Waals surface area contributed by atoms with Gasteiger partial charge in [-0.2, -0.15) is 4.31 Å². The Hall–Kier alpha value is -2.97. The summed E-state index contributed by atoms with van der Waals surface area (Å²) in [7, 11) is -3.53. The van der Waals surface area contributed by atoms with Crippen LogP contribution in [0.15, 0.2) is 65.6 Å². The molecule has 0 radical (unpaired) electrons. The minimum Gasteiger partial charge on any atom is -0.466 e. The molecule has 2 aromatic rings. The maximum atomic E-state index is 12.6. The van der Waals surface area contributed by atoms with Gasteiger partial charge in [0.05, 0.1) is 24.0 Å². The van der Waals surface area contributed by atoms with Crippen LogP contribution in [0.5, 0.6) is 0 Å². The van der Waals surface area contributed by atoms with E-state index in [1.165, 1.54) is 22.5 Å². The number of carbonyl (C=O) groups excluding carboxylic acids is 2. The fourth-order valence-corrected chi connectivity index (χ4v) is 4.64. The summed E-state index contributed by atoms with van der Waals surface area (Å²) in [4.78, 5) is 24.6. The topological polar surface area (TPSA) is 92.8 Å². The SMILES string of the molecule is CCOC(=O)CC(NC(=O)/C=C/c1ccc(S(=O)(=O)N(CC)CC)cc1)c1ccccc1. The van der Waals surface area contributed by atoms with Crippen molar-refractivity contribution < 1.29 is 22.7 Å². The Kier molecular flexibility index (Phi) is 9.61. The molecule has 0 bridgehead atoms. The third-order valence-electron chi connectivity index (χ3n) is 4.84. The Balaban J connectivity index is 2.10. The van der Waals surface area contributed by atoms with E-state index in [2.05, 4.69) is 5.32 Å². The molecule has 32 heavy (non-hydrogen) atoms. The normalized spacial score (nSPS) is 12.6. The second kappa shape index (κ2) is 12.2. The molecule has 0 heterocycles. The first kappa shape index (κ1) is 25.3. The quantitative estimate of drug-likeness (QED) is 0.411. The first-order valence-corrected chi connectivity index (χ1v) is 12.0. The molecular weight excluding hydrogens is 428 g/mol. The van der Waals surface area contributed by atoms with Gasteiger partial charge in [0.2, 0.25) is 15.9 Å². The number of ether oxygens (including phenoxy) is 1. The highest BCUT2D eigenvalue weighted by Gasteiger charge is 2.21. The molecule has 1 N–H and O–H groups in total. The highest BCUT2D eigenvalue weighted by atomic mass is 32.2. The minimum absolute atomic E-state index is 0.0232. The molecule has 0 fully saturated rings. The zero-order valence-corrected chi connectivity index (χ0v) is 19.5. The van der Waals surface area contributed by atoms with Gasteiger partial charge in [-0.25, -0.2) is 8.42 Å². The molecule has 1 amide bonds. The van der Waals surface area contributed by atoms with Gasteiger partial charge in [0.15, 0.2) is 0 Å². The van der Waals surface area contributed by atoms with Crippen molar-refractivity contribution in [1.29, 1.82) is 0 Å². The summed E-state index contributed by atoms with van der Waals surface area (Å²) in [5.74, 6) is -0.765. The number of hydrogen-bond acceptors (Lipinski definition) is 5. The fraction of sp³-hybridized carbons (Fsp3) is 0.333. The van der Waals surface area contributed by atoms with Crippen LogP contribution in [0.1, 0.15) is 44.4 Å². The lowest BCUT2D eigenvalue weighted by molar-refractivity contribution is -0.143. The lowest BCUT2D eigenvalue weighted by Gasteiger charge is -2.18. The second-order valence-corrected chi connectivity index (χ2v) is 8.91. The molecular formula is C24H30N2O5S. The van der Waals surface area contributed by atoms with Crippen LogP contribution >= 0.6 is 0 Å². The molecule has 1 unspecified atom stereocenters. The number of esters is 1. The van der Waals surface area contributed by atoms with Crippen LogP contribution in [0.25, 0.3) is 6.08 Å². The standard InChI is InChI=1S/C24H30N2O5S/c1-4-26(5-2)32(29,30)21-15-12-19(13-16-21)14-17-23(27)25-22(18-24(28)31-6-3)20-10-8-7-9-11-20/h7-17,22H,4-6,18H2,1-3H3,(H,25,27)/b17-14+. The van der Waals surface area contributed by atoms with Crippen LogP contribution in [0.4, 0.5) is 0 Å². The van der Waals surface area contributed by atoms with E-state index in [9.17, 15) is 18.0 Å². The summed E-state index contributed by atoms with van der Waals surface area (Å²) < 4.78 is 31.5. The Morgan fingerprint density at radius 2 is 1.62 bits per heavy atom. The van der Waals surface area contributed by atoms with E-state index in [4.69, 9.17) is 4.74 Å². The van der Waals surface area contributed by atoms with Gasteiger partial charge in [-0.15, -0.1) is 0 Å². The number of hydrogen-bond donors (Lipinski definition) is 1. The van der Waals surface area contributed by atoms with E-state index in [1.807, 2.05) is 30.3 Å². The lowest BCUT2D eigenvalue weighted by atomic mass is 10.0. The molecule has 172 valence electrons. The van der Waals surface area contributed by atoms with E-state index in [0.29, 0.717) is 18.7 Å². The van der Waals surface area contributed by atoms with Crippen LogP contribution in [-0.2, 0) is 24.3 Å². The summed E-state index contributed by atoms with van der Waals surface area (Å²) in [6.45, 7) is 6.39. The zero-order chi connectivity index (χ0) is 23.6. The molecule has 0 spiro atoms. The molecule has 0 saturated heterocycles. The predicted octanol–water partition coefficient (Wildman–Crippen LogP) is 3.54. The Bertz CT molecular complexity index is 1010. The van der Waals surface area contributed by atoms with Crippen LogP contribution in [0.2, 0.25) is 0 Å². The van der Waals surface area contributed by atoms with Crippen molar-refractivity contribution in [3.63, 3.8) is 0 Å². The molecule has 2 aromatic carbocycles. The zero-order valence-electron chi connectivity index (χ0n) is 18.7. The number of amides is 1. The molecule has 7 nitrogen and oxygen atoms in total. The maximum Gasteiger partial charge on any atom is 0.308 e. The first-order valence-electron chi connectivity index (χ1n) is 10.6. The smallest absolute Gasteiger partial charge is 0.308 e. The average molecular weight is 459 g/mol. The van der Waals surface area contributed by atoms with Crippen molar-refractivity contribution in [2.75, 3.05) is 19.7 Å². The third-order valence-corrected chi connectivity index (χ3v) is 6.91. The summed E-state index contributed by atoms with van der Waals surface area (Å²) in [6, 6.07) is 15.0. The van der Waals surface area contributed by atoms with Gasteiger partial charge in [-0.3, -0.25) is 9.59 Å². The van der Waals surface area contributed by atoms with Crippen molar-refractivity contribution in [3.05, 3.63) is 71.8 Å². The minimum atomic E-state index is -3.53. The van der Waals surface area contributed by atoms with Crippen LogP contribution in [-0.4, -0.2) is 44.3 Å². The van der Waals surface area contributed by atoms with Crippen molar-refractivity contribution in [2.24, 2.45) is 0 Å². The number of sulfonamides is 1. The monoisotopic (exact) mass is 458 g/mol. The van der Waals surface area contributed by atoms with Gasteiger partial charge in [-0.05, 0) is 36.3 Å². The molecule has 0 aliphatic heterocycles. The van der Waals surface area contributed by atoms with Gasteiger partial charge < -0.3 is 10.1 Å². The van der Waals surface area contributed by atoms with Crippen LogP contribution < -0.4 is 5.32 Å². The number of nitrogens with one attached hydrogen (secondary N) is 1. The Morgan fingerprint density at radius 3 is 2.19 bits per heavy atom. The molecule has 0 aliphatic rings. The summed E-state index contributed by atoms with van der Waals surface area (Å²) in [6.07, 6.45) is 2.97. The van der Waals surface area contributed by atoms with Crippen molar-refractivity contribution >= 4 is 28.0 Å². The van der Waals surface area contributed by atoms with Crippen LogP contribution in [0, 0.1) is 0 Å². The van der Waals surface area contributed by atoms with E-state index < -0.39 is 22.0 Å². The molecule has 0 saturated carbocycles. The van der Waals surface area contributed by atoms with E-state index in [0.717, 1.165) is 5.56 Å². The van der Waals surface area contributed by atoms with E-state index in [-0.39, 0.29) is 23.8 Å². The number of rotatable bonds is 11.